The Morgan fingerprint density at radius 2 is 1.79 bits per heavy atom. The van der Waals surface area contributed by atoms with E-state index in [2.05, 4.69) is 41.8 Å². The van der Waals surface area contributed by atoms with Gasteiger partial charge in [-0.25, -0.2) is 0 Å². The lowest BCUT2D eigenvalue weighted by Crippen LogP contribution is -2.59. The summed E-state index contributed by atoms with van der Waals surface area (Å²) >= 11 is 2.38. The van der Waals surface area contributed by atoms with Gasteiger partial charge in [0.15, 0.2) is 0 Å². The molecule has 4 saturated carbocycles. The van der Waals surface area contributed by atoms with Crippen LogP contribution in [0.5, 0.6) is 0 Å². The van der Waals surface area contributed by atoms with E-state index in [1.54, 1.807) is 0 Å². The number of hydrogen-bond acceptors (Lipinski definition) is 1. The first-order valence-electron chi connectivity index (χ1n) is 7.73. The minimum atomic E-state index is -0.0197. The second kappa shape index (κ2) is 4.60. The number of hydrogen-bond donors (Lipinski definition) is 1. The number of nitrogens with one attached hydrogen (secondary N) is 1. The van der Waals surface area contributed by atoms with Crippen LogP contribution in [-0.4, -0.2) is 16.9 Å². The van der Waals surface area contributed by atoms with E-state index in [4.69, 9.17) is 0 Å². The Kier molecular flexibility index (Phi) is 3.43. The quantitative estimate of drug-likeness (QED) is 0.450. The van der Waals surface area contributed by atoms with Crippen molar-refractivity contribution in [2.24, 2.45) is 22.2 Å². The summed E-state index contributed by atoms with van der Waals surface area (Å²) in [5, 5.41) is 3.23. The zero-order valence-electron chi connectivity index (χ0n) is 12.2. The van der Waals surface area contributed by atoms with Crippen molar-refractivity contribution in [2.45, 2.75) is 58.8 Å². The van der Waals surface area contributed by atoms with E-state index in [-0.39, 0.29) is 5.41 Å². The summed E-state index contributed by atoms with van der Waals surface area (Å²) in [5.41, 5.74) is 0.859. The lowest BCUT2D eigenvalue weighted by molar-refractivity contribution is -0.170. The molecular formula is C16H26INO. The maximum atomic E-state index is 12.7. The molecule has 0 aromatic rings. The average molecular weight is 375 g/mol. The van der Waals surface area contributed by atoms with Crippen molar-refractivity contribution in [2.75, 3.05) is 11.0 Å². The highest BCUT2D eigenvalue weighted by Gasteiger charge is 2.62. The zero-order valence-corrected chi connectivity index (χ0v) is 14.4. The van der Waals surface area contributed by atoms with Gasteiger partial charge in [-0.2, -0.15) is 0 Å². The molecule has 3 heteroatoms. The van der Waals surface area contributed by atoms with E-state index in [1.165, 1.54) is 19.3 Å². The number of carbonyl (C=O) groups excluding carboxylic acids is 1. The van der Waals surface area contributed by atoms with E-state index in [9.17, 15) is 4.79 Å². The van der Waals surface area contributed by atoms with Crippen molar-refractivity contribution in [3.63, 3.8) is 0 Å². The molecular weight excluding hydrogens is 349 g/mol. The lowest BCUT2D eigenvalue weighted by Gasteiger charge is -2.64. The predicted molar refractivity (Wildman–Crippen MR) is 86.4 cm³/mol. The van der Waals surface area contributed by atoms with Crippen molar-refractivity contribution >= 4 is 28.5 Å². The highest BCUT2D eigenvalue weighted by atomic mass is 127. The van der Waals surface area contributed by atoms with Gasteiger partial charge in [-0.05, 0) is 61.7 Å². The van der Waals surface area contributed by atoms with Gasteiger partial charge in [0, 0.05) is 11.0 Å². The SMILES string of the molecule is CC12CC3CC(C)(C1)CC(C(=O)NCCCI)(C3)C2. The molecule has 0 radical (unpaired) electrons. The Morgan fingerprint density at radius 3 is 2.32 bits per heavy atom. The third kappa shape index (κ3) is 2.44. The van der Waals surface area contributed by atoms with Crippen LogP contribution in [-0.2, 0) is 4.79 Å². The number of halogens is 1. The third-order valence-corrected chi connectivity index (χ3v) is 6.47. The standard InChI is InChI=1S/C16H26INO/c1-14-6-12-7-15(2,9-14)11-16(8-12,10-14)13(19)18-5-3-4-17/h12H,3-11H2,1-2H3,(H,18,19). The van der Waals surface area contributed by atoms with Gasteiger partial charge in [-0.3, -0.25) is 4.79 Å². The second-order valence-corrected chi connectivity index (χ2v) is 9.29. The van der Waals surface area contributed by atoms with Crippen molar-refractivity contribution in [3.8, 4) is 0 Å². The molecule has 0 spiro atoms. The smallest absolute Gasteiger partial charge is 0.226 e. The first-order valence-corrected chi connectivity index (χ1v) is 9.26. The topological polar surface area (TPSA) is 29.1 Å². The van der Waals surface area contributed by atoms with Crippen LogP contribution in [0.4, 0.5) is 0 Å². The van der Waals surface area contributed by atoms with E-state index < -0.39 is 0 Å². The van der Waals surface area contributed by atoms with Gasteiger partial charge in [-0.15, -0.1) is 0 Å². The Hall–Kier alpha value is 0.200. The molecule has 0 aromatic heterocycles. The molecule has 2 nitrogen and oxygen atoms in total. The minimum absolute atomic E-state index is 0.0197. The minimum Gasteiger partial charge on any atom is -0.356 e. The molecule has 4 rings (SSSR count). The molecule has 1 N–H and O–H groups in total. The van der Waals surface area contributed by atoms with Crippen LogP contribution < -0.4 is 5.32 Å². The maximum absolute atomic E-state index is 12.7. The molecule has 4 fully saturated rings. The highest BCUT2D eigenvalue weighted by Crippen LogP contribution is 2.69. The monoisotopic (exact) mass is 375 g/mol. The molecule has 4 bridgehead atoms. The van der Waals surface area contributed by atoms with Crippen LogP contribution in [0.3, 0.4) is 0 Å². The lowest BCUT2D eigenvalue weighted by atomic mass is 9.40. The summed E-state index contributed by atoms with van der Waals surface area (Å²) in [6.45, 7) is 5.73. The van der Waals surface area contributed by atoms with E-state index in [0.717, 1.165) is 42.6 Å². The van der Waals surface area contributed by atoms with Crippen LogP contribution in [0.1, 0.15) is 58.8 Å². The molecule has 2 atom stereocenters. The summed E-state index contributed by atoms with van der Waals surface area (Å²) in [6.07, 6.45) is 8.62. The Labute approximate surface area is 130 Å². The van der Waals surface area contributed by atoms with Crippen molar-refractivity contribution in [3.05, 3.63) is 0 Å². The molecule has 0 aliphatic heterocycles. The first kappa shape index (κ1) is 14.2. The molecule has 19 heavy (non-hydrogen) atoms. The number of rotatable bonds is 4. The molecule has 4 aliphatic rings. The summed E-state index contributed by atoms with van der Waals surface area (Å²) in [6, 6.07) is 0. The first-order chi connectivity index (χ1) is 8.89. The van der Waals surface area contributed by atoms with Gasteiger partial charge in [0.2, 0.25) is 5.91 Å². The van der Waals surface area contributed by atoms with Crippen LogP contribution in [0, 0.1) is 22.2 Å². The summed E-state index contributed by atoms with van der Waals surface area (Å²) in [4.78, 5) is 12.7. The largest absolute Gasteiger partial charge is 0.356 e. The molecule has 0 heterocycles. The molecule has 1 amide bonds. The number of amides is 1. The van der Waals surface area contributed by atoms with E-state index in [1.807, 2.05) is 0 Å². The molecule has 2 unspecified atom stereocenters. The Bertz CT molecular complexity index is 376. The van der Waals surface area contributed by atoms with Gasteiger partial charge in [-0.1, -0.05) is 36.4 Å². The van der Waals surface area contributed by atoms with Gasteiger partial charge >= 0.3 is 0 Å². The van der Waals surface area contributed by atoms with Crippen molar-refractivity contribution < 1.29 is 4.79 Å². The van der Waals surface area contributed by atoms with Crippen LogP contribution in [0.2, 0.25) is 0 Å². The predicted octanol–water partition coefficient (Wildman–Crippen LogP) is 3.92. The molecule has 0 saturated heterocycles. The summed E-state index contributed by atoms with van der Waals surface area (Å²) < 4.78 is 1.13. The second-order valence-electron chi connectivity index (χ2n) is 8.21. The highest BCUT2D eigenvalue weighted by molar-refractivity contribution is 14.1. The van der Waals surface area contributed by atoms with E-state index >= 15 is 0 Å². The number of carbonyl (C=O) groups is 1. The number of alkyl halides is 1. The fourth-order valence-corrected chi connectivity index (χ4v) is 6.54. The molecule has 108 valence electrons. The maximum Gasteiger partial charge on any atom is 0.226 e. The molecule has 0 aromatic carbocycles. The summed E-state index contributed by atoms with van der Waals surface area (Å²) in [5.74, 6) is 1.18. The van der Waals surface area contributed by atoms with E-state index in [0.29, 0.717) is 16.7 Å². The third-order valence-electron chi connectivity index (χ3n) is 5.70. The normalized spacial score (nSPS) is 47.4. The zero-order chi connectivity index (χ0) is 13.7. The van der Waals surface area contributed by atoms with Gasteiger partial charge in [0.25, 0.3) is 0 Å². The van der Waals surface area contributed by atoms with Crippen LogP contribution >= 0.6 is 22.6 Å². The molecule has 4 aliphatic carbocycles. The van der Waals surface area contributed by atoms with Crippen molar-refractivity contribution in [1.29, 1.82) is 0 Å². The summed E-state index contributed by atoms with van der Waals surface area (Å²) in [7, 11) is 0. The van der Waals surface area contributed by atoms with Crippen molar-refractivity contribution in [1.82, 2.24) is 5.32 Å². The average Bonchev–Trinajstić information content (AvgIpc) is 2.24. The van der Waals surface area contributed by atoms with Crippen LogP contribution in [0.15, 0.2) is 0 Å². The van der Waals surface area contributed by atoms with Gasteiger partial charge < -0.3 is 5.32 Å². The van der Waals surface area contributed by atoms with Gasteiger partial charge in [0.05, 0.1) is 5.41 Å². The fraction of sp³-hybridized carbons (Fsp3) is 0.938. The van der Waals surface area contributed by atoms with Gasteiger partial charge in [0.1, 0.15) is 0 Å². The fourth-order valence-electron chi connectivity index (χ4n) is 6.16. The Balaban J connectivity index is 1.78. The Morgan fingerprint density at radius 1 is 1.16 bits per heavy atom. The van der Waals surface area contributed by atoms with Crippen LogP contribution in [0.25, 0.3) is 0 Å².